The van der Waals surface area contributed by atoms with Crippen LogP contribution in [0.2, 0.25) is 0 Å². The predicted molar refractivity (Wildman–Crippen MR) is 131 cm³/mol. The molecule has 0 aliphatic rings. The predicted octanol–water partition coefficient (Wildman–Crippen LogP) is 5.46. The Balaban J connectivity index is 1.50. The highest BCUT2D eigenvalue weighted by Crippen LogP contribution is 2.37. The maximum atomic E-state index is 13.1. The smallest absolute Gasteiger partial charge is 0.269 e. The third kappa shape index (κ3) is 5.30. The zero-order valence-electron chi connectivity index (χ0n) is 18.3. The first-order chi connectivity index (χ1) is 16.0. The van der Waals surface area contributed by atoms with Crippen LogP contribution in [0.15, 0.2) is 79.1 Å². The van der Waals surface area contributed by atoms with E-state index in [1.165, 1.54) is 11.3 Å². The highest BCUT2D eigenvalue weighted by Gasteiger charge is 2.19. The molecule has 2 amide bonds. The number of nitrogens with zero attached hydrogens (tertiary/aromatic N) is 2. The second-order valence-corrected chi connectivity index (χ2v) is 8.34. The van der Waals surface area contributed by atoms with Crippen LogP contribution in [-0.2, 0) is 4.79 Å². The van der Waals surface area contributed by atoms with Crippen LogP contribution in [0.3, 0.4) is 0 Å². The van der Waals surface area contributed by atoms with Crippen molar-refractivity contribution in [2.75, 3.05) is 17.2 Å². The van der Waals surface area contributed by atoms with Gasteiger partial charge < -0.3 is 15.4 Å². The van der Waals surface area contributed by atoms with Gasteiger partial charge in [0.2, 0.25) is 5.91 Å². The molecule has 2 N–H and O–H groups in total. The number of hydrogen-bond acceptors (Lipinski definition) is 5. The third-order valence-electron chi connectivity index (χ3n) is 4.95. The lowest BCUT2D eigenvalue weighted by Crippen LogP contribution is -2.24. The van der Waals surface area contributed by atoms with E-state index < -0.39 is 6.04 Å². The minimum Gasteiger partial charge on any atom is -0.492 e. The number of hydrogen-bond donors (Lipinski definition) is 2. The molecule has 0 bridgehead atoms. The molecule has 1 unspecified atom stereocenters. The van der Waals surface area contributed by atoms with Crippen molar-refractivity contribution in [2.24, 2.45) is 0 Å². The first-order valence-corrected chi connectivity index (χ1v) is 11.4. The monoisotopic (exact) mass is 460 g/mol. The molecule has 2 aromatic heterocycles. The fourth-order valence-electron chi connectivity index (χ4n) is 3.28. The number of rotatable bonds is 8. The molecule has 168 valence electrons. The lowest BCUT2D eigenvalue weighted by atomic mass is 10.2. The Morgan fingerprint density at radius 2 is 1.79 bits per heavy atom. The molecule has 0 aliphatic heterocycles. The van der Waals surface area contributed by atoms with E-state index in [0.29, 0.717) is 28.6 Å². The van der Waals surface area contributed by atoms with Gasteiger partial charge >= 0.3 is 0 Å². The van der Waals surface area contributed by atoms with Gasteiger partial charge in [0.25, 0.3) is 5.91 Å². The van der Waals surface area contributed by atoms with Crippen molar-refractivity contribution in [3.05, 3.63) is 84.0 Å². The average Bonchev–Trinajstić information content (AvgIpc) is 3.50. The molecule has 0 aliphatic carbocycles. The number of benzene rings is 2. The van der Waals surface area contributed by atoms with Crippen molar-refractivity contribution in [1.29, 1.82) is 0 Å². The van der Waals surface area contributed by atoms with Crippen LogP contribution >= 0.6 is 11.3 Å². The van der Waals surface area contributed by atoms with E-state index in [-0.39, 0.29) is 11.8 Å². The second-order valence-electron chi connectivity index (χ2n) is 7.29. The van der Waals surface area contributed by atoms with Gasteiger partial charge in [-0.3, -0.25) is 14.3 Å². The summed E-state index contributed by atoms with van der Waals surface area (Å²) in [5.74, 6) is 0.0851. The van der Waals surface area contributed by atoms with Crippen LogP contribution in [0.1, 0.15) is 29.6 Å². The van der Waals surface area contributed by atoms with Gasteiger partial charge in [0, 0.05) is 28.6 Å². The normalized spacial score (nSPS) is 11.6. The van der Waals surface area contributed by atoms with Gasteiger partial charge in [0.15, 0.2) is 0 Å². The van der Waals surface area contributed by atoms with E-state index in [9.17, 15) is 9.59 Å². The molecule has 2 aromatic carbocycles. The molecule has 7 nitrogen and oxygen atoms in total. The highest BCUT2D eigenvalue weighted by molar-refractivity contribution is 7.17. The summed E-state index contributed by atoms with van der Waals surface area (Å²) in [6, 6.07) is 20.1. The Kier molecular flexibility index (Phi) is 6.85. The molecule has 0 radical (unpaired) electrons. The van der Waals surface area contributed by atoms with Crippen LogP contribution < -0.4 is 15.4 Å². The van der Waals surface area contributed by atoms with Crippen molar-refractivity contribution >= 4 is 34.5 Å². The Labute approximate surface area is 196 Å². The highest BCUT2D eigenvalue weighted by atomic mass is 32.1. The van der Waals surface area contributed by atoms with E-state index in [4.69, 9.17) is 4.74 Å². The van der Waals surface area contributed by atoms with E-state index in [0.717, 1.165) is 10.4 Å². The summed E-state index contributed by atoms with van der Waals surface area (Å²) in [6.07, 6.45) is 3.37. The lowest BCUT2D eigenvalue weighted by Gasteiger charge is -2.13. The molecule has 2 heterocycles. The van der Waals surface area contributed by atoms with Gasteiger partial charge in [-0.25, -0.2) is 0 Å². The van der Waals surface area contributed by atoms with Crippen LogP contribution in [-0.4, -0.2) is 28.2 Å². The summed E-state index contributed by atoms with van der Waals surface area (Å²) >= 11 is 1.38. The van der Waals surface area contributed by atoms with Gasteiger partial charge in [-0.15, -0.1) is 11.3 Å². The van der Waals surface area contributed by atoms with Gasteiger partial charge in [0.1, 0.15) is 16.7 Å². The molecule has 0 fully saturated rings. The molecular formula is C25H24N4O3S. The third-order valence-corrected chi connectivity index (χ3v) is 6.12. The number of carbonyl (C=O) groups excluding carboxylic acids is 2. The van der Waals surface area contributed by atoms with E-state index >= 15 is 0 Å². The van der Waals surface area contributed by atoms with Gasteiger partial charge in [-0.05, 0) is 49.7 Å². The minimum atomic E-state index is -0.463. The van der Waals surface area contributed by atoms with Crippen molar-refractivity contribution in [3.63, 3.8) is 0 Å². The number of amides is 2. The number of thiophene rings is 1. The Hall–Kier alpha value is -3.91. The van der Waals surface area contributed by atoms with Crippen molar-refractivity contribution in [2.45, 2.75) is 19.9 Å². The summed E-state index contributed by atoms with van der Waals surface area (Å²) in [5, 5.41) is 9.89. The minimum absolute atomic E-state index is 0.202. The Morgan fingerprint density at radius 3 is 2.48 bits per heavy atom. The zero-order chi connectivity index (χ0) is 23.2. The molecule has 0 saturated carbocycles. The number of carbonyl (C=O) groups is 2. The number of aromatic nitrogens is 2. The fraction of sp³-hybridized carbons (Fsp3) is 0.160. The largest absolute Gasteiger partial charge is 0.492 e. The summed E-state index contributed by atoms with van der Waals surface area (Å²) in [7, 11) is 0. The maximum Gasteiger partial charge on any atom is 0.269 e. The number of ether oxygens (including phenoxy) is 1. The number of anilines is 2. The Bertz CT molecular complexity index is 1240. The molecule has 0 saturated heterocycles. The molecule has 4 rings (SSSR count). The van der Waals surface area contributed by atoms with Gasteiger partial charge in [-0.2, -0.15) is 5.10 Å². The van der Waals surface area contributed by atoms with Crippen molar-refractivity contribution in [1.82, 2.24) is 9.78 Å². The van der Waals surface area contributed by atoms with E-state index in [1.54, 1.807) is 54.3 Å². The van der Waals surface area contributed by atoms with Crippen LogP contribution in [0.25, 0.3) is 10.4 Å². The zero-order valence-corrected chi connectivity index (χ0v) is 19.1. The van der Waals surface area contributed by atoms with Crippen LogP contribution in [0, 0.1) is 0 Å². The average molecular weight is 461 g/mol. The second kappa shape index (κ2) is 10.1. The lowest BCUT2D eigenvalue weighted by molar-refractivity contribution is -0.119. The maximum absolute atomic E-state index is 13.1. The van der Waals surface area contributed by atoms with Crippen molar-refractivity contribution < 1.29 is 14.3 Å². The molecule has 1 atom stereocenters. The summed E-state index contributed by atoms with van der Waals surface area (Å²) in [6.45, 7) is 4.11. The van der Waals surface area contributed by atoms with Crippen LogP contribution in [0.4, 0.5) is 11.4 Å². The standard InChI is InChI=1S/C25H24N4O3S/c1-3-32-21-16-22(18-9-5-4-6-10-18)33-23(21)25(31)28-20-12-7-11-19(15-20)27-24(30)17(2)29-14-8-13-26-29/h4-17H,3H2,1-2H3,(H,27,30)(H,28,31). The first-order valence-electron chi connectivity index (χ1n) is 10.6. The summed E-state index contributed by atoms with van der Waals surface area (Å²) in [4.78, 5) is 27.1. The Morgan fingerprint density at radius 1 is 1.03 bits per heavy atom. The fourth-order valence-corrected chi connectivity index (χ4v) is 4.28. The summed E-state index contributed by atoms with van der Waals surface area (Å²) in [5.41, 5.74) is 2.18. The van der Waals surface area contributed by atoms with Gasteiger partial charge in [0.05, 0.1) is 6.61 Å². The molecule has 0 spiro atoms. The number of nitrogens with one attached hydrogen (secondary N) is 2. The van der Waals surface area contributed by atoms with E-state index in [2.05, 4.69) is 15.7 Å². The topological polar surface area (TPSA) is 85.3 Å². The SMILES string of the molecule is CCOc1cc(-c2ccccc2)sc1C(=O)Nc1cccc(NC(=O)C(C)n2cccn2)c1. The van der Waals surface area contributed by atoms with Crippen molar-refractivity contribution in [3.8, 4) is 16.2 Å². The molecule has 8 heteroatoms. The molecular weight excluding hydrogens is 436 g/mol. The van der Waals surface area contributed by atoms with Gasteiger partial charge in [-0.1, -0.05) is 36.4 Å². The molecule has 33 heavy (non-hydrogen) atoms. The first kappa shape index (κ1) is 22.3. The van der Waals surface area contributed by atoms with E-state index in [1.807, 2.05) is 43.3 Å². The summed E-state index contributed by atoms with van der Waals surface area (Å²) < 4.78 is 7.30. The van der Waals surface area contributed by atoms with Crippen LogP contribution in [0.5, 0.6) is 5.75 Å². The molecule has 4 aromatic rings. The quantitative estimate of drug-likeness (QED) is 0.366.